The van der Waals surface area contributed by atoms with Crippen LogP contribution in [0.3, 0.4) is 0 Å². The summed E-state index contributed by atoms with van der Waals surface area (Å²) >= 11 is 0. The fraction of sp³-hybridized carbons (Fsp3) is 0.400. The molecule has 0 amide bonds. The first kappa shape index (κ1) is 15.8. The van der Waals surface area contributed by atoms with Crippen molar-refractivity contribution in [2.24, 2.45) is 0 Å². The molecule has 0 bridgehead atoms. The van der Waals surface area contributed by atoms with E-state index in [1.165, 1.54) is 47.1 Å². The Morgan fingerprint density at radius 2 is 1.62 bits per heavy atom. The van der Waals surface area contributed by atoms with Crippen LogP contribution in [0.2, 0.25) is 0 Å². The van der Waals surface area contributed by atoms with E-state index in [0.29, 0.717) is 0 Å². The van der Waals surface area contributed by atoms with Gasteiger partial charge in [-0.15, -0.1) is 0 Å². The molecule has 1 heteroatoms. The van der Waals surface area contributed by atoms with Gasteiger partial charge in [-0.05, 0) is 60.2 Å². The minimum atomic E-state index is 0.943. The quantitative estimate of drug-likeness (QED) is 0.743. The number of hydrogen-bond acceptors (Lipinski definition) is 1. The molecule has 1 nitrogen and oxygen atoms in total. The Morgan fingerprint density at radius 3 is 2.29 bits per heavy atom. The summed E-state index contributed by atoms with van der Waals surface area (Å²) in [6.07, 6.45) is 3.72. The summed E-state index contributed by atoms with van der Waals surface area (Å²) in [7, 11) is 0. The molecular formula is C20H27N. The fourth-order valence-electron chi connectivity index (χ4n) is 2.59. The normalized spacial score (nSPS) is 10.8. The smallest absolute Gasteiger partial charge is 0.0205 e. The van der Waals surface area contributed by atoms with Crippen LogP contribution in [0.15, 0.2) is 42.5 Å². The highest BCUT2D eigenvalue weighted by molar-refractivity contribution is 5.68. The van der Waals surface area contributed by atoms with Crippen LogP contribution in [0.5, 0.6) is 0 Å². The number of rotatable bonds is 7. The maximum Gasteiger partial charge on any atom is 0.0205 e. The van der Waals surface area contributed by atoms with Crippen LogP contribution >= 0.6 is 0 Å². The summed E-state index contributed by atoms with van der Waals surface area (Å²) in [5.41, 5.74) is 6.82. The minimum Gasteiger partial charge on any atom is -0.313 e. The SMILES string of the molecule is CCCCc1ccc(-c2cc(CNCC)ccc2C)cc1. The maximum atomic E-state index is 3.39. The molecule has 21 heavy (non-hydrogen) atoms. The molecule has 0 aliphatic rings. The lowest BCUT2D eigenvalue weighted by Crippen LogP contribution is -2.11. The van der Waals surface area contributed by atoms with Crippen molar-refractivity contribution < 1.29 is 0 Å². The predicted octanol–water partition coefficient (Wildman–Crippen LogP) is 5.11. The first-order valence-electron chi connectivity index (χ1n) is 8.14. The van der Waals surface area contributed by atoms with Crippen molar-refractivity contribution >= 4 is 0 Å². The van der Waals surface area contributed by atoms with Gasteiger partial charge in [0.15, 0.2) is 0 Å². The van der Waals surface area contributed by atoms with Crippen molar-refractivity contribution in [1.82, 2.24) is 5.32 Å². The monoisotopic (exact) mass is 281 g/mol. The molecular weight excluding hydrogens is 254 g/mol. The number of nitrogens with one attached hydrogen (secondary N) is 1. The van der Waals surface area contributed by atoms with Gasteiger partial charge in [0.2, 0.25) is 0 Å². The van der Waals surface area contributed by atoms with E-state index in [4.69, 9.17) is 0 Å². The zero-order valence-electron chi connectivity index (χ0n) is 13.6. The lowest BCUT2D eigenvalue weighted by atomic mass is 9.96. The topological polar surface area (TPSA) is 12.0 Å². The second-order valence-electron chi connectivity index (χ2n) is 5.73. The third-order valence-electron chi connectivity index (χ3n) is 3.97. The number of unbranched alkanes of at least 4 members (excludes halogenated alkanes) is 1. The lowest BCUT2D eigenvalue weighted by Gasteiger charge is -2.10. The van der Waals surface area contributed by atoms with E-state index in [2.05, 4.69) is 68.6 Å². The highest BCUT2D eigenvalue weighted by atomic mass is 14.8. The molecule has 2 aromatic rings. The summed E-state index contributed by atoms with van der Waals surface area (Å²) in [4.78, 5) is 0. The van der Waals surface area contributed by atoms with E-state index in [1.54, 1.807) is 0 Å². The van der Waals surface area contributed by atoms with Crippen LogP contribution in [-0.2, 0) is 13.0 Å². The van der Waals surface area contributed by atoms with Gasteiger partial charge in [-0.3, -0.25) is 0 Å². The van der Waals surface area contributed by atoms with Crippen molar-refractivity contribution in [2.75, 3.05) is 6.54 Å². The summed E-state index contributed by atoms with van der Waals surface area (Å²) in [5, 5.41) is 3.39. The van der Waals surface area contributed by atoms with Gasteiger partial charge < -0.3 is 5.32 Å². The van der Waals surface area contributed by atoms with E-state index in [1.807, 2.05) is 0 Å². The Balaban J connectivity index is 2.19. The van der Waals surface area contributed by atoms with E-state index < -0.39 is 0 Å². The van der Waals surface area contributed by atoms with Gasteiger partial charge in [-0.1, -0.05) is 56.7 Å². The van der Waals surface area contributed by atoms with Crippen molar-refractivity contribution in [2.45, 2.75) is 46.6 Å². The maximum absolute atomic E-state index is 3.39. The van der Waals surface area contributed by atoms with E-state index in [-0.39, 0.29) is 0 Å². The molecule has 0 aromatic heterocycles. The van der Waals surface area contributed by atoms with Crippen molar-refractivity contribution in [1.29, 1.82) is 0 Å². The number of aryl methyl sites for hydroxylation is 2. The standard InChI is InChI=1S/C20H27N/c1-4-6-7-17-10-12-19(13-11-17)20-14-18(15-21-5-2)9-8-16(20)3/h8-14,21H,4-7,15H2,1-3H3. The Labute approximate surface area is 129 Å². The van der Waals surface area contributed by atoms with Crippen LogP contribution in [-0.4, -0.2) is 6.54 Å². The molecule has 0 atom stereocenters. The molecule has 0 spiro atoms. The molecule has 1 N–H and O–H groups in total. The second-order valence-corrected chi connectivity index (χ2v) is 5.73. The average molecular weight is 281 g/mol. The van der Waals surface area contributed by atoms with Gasteiger partial charge in [-0.25, -0.2) is 0 Å². The van der Waals surface area contributed by atoms with Crippen molar-refractivity contribution in [3.63, 3.8) is 0 Å². The third-order valence-corrected chi connectivity index (χ3v) is 3.97. The van der Waals surface area contributed by atoms with E-state index in [0.717, 1.165) is 13.1 Å². The molecule has 0 unspecified atom stereocenters. The third kappa shape index (κ3) is 4.44. The largest absolute Gasteiger partial charge is 0.313 e. The van der Waals surface area contributed by atoms with Crippen LogP contribution in [0.1, 0.15) is 43.4 Å². The zero-order chi connectivity index (χ0) is 15.1. The van der Waals surface area contributed by atoms with Crippen LogP contribution in [0, 0.1) is 6.92 Å². The molecule has 0 radical (unpaired) electrons. The molecule has 0 saturated carbocycles. The van der Waals surface area contributed by atoms with Gasteiger partial charge in [0.25, 0.3) is 0 Å². The van der Waals surface area contributed by atoms with Crippen molar-refractivity contribution in [3.8, 4) is 11.1 Å². The zero-order valence-corrected chi connectivity index (χ0v) is 13.6. The van der Waals surface area contributed by atoms with Gasteiger partial charge in [0.05, 0.1) is 0 Å². The molecule has 2 aromatic carbocycles. The molecule has 0 heterocycles. The van der Waals surface area contributed by atoms with Gasteiger partial charge in [0.1, 0.15) is 0 Å². The van der Waals surface area contributed by atoms with Gasteiger partial charge in [0, 0.05) is 6.54 Å². The molecule has 0 aliphatic carbocycles. The summed E-state index contributed by atoms with van der Waals surface area (Å²) in [6.45, 7) is 8.53. The Hall–Kier alpha value is -1.60. The van der Waals surface area contributed by atoms with Crippen LogP contribution < -0.4 is 5.32 Å². The summed E-state index contributed by atoms with van der Waals surface area (Å²) < 4.78 is 0. The molecule has 0 fully saturated rings. The van der Waals surface area contributed by atoms with E-state index >= 15 is 0 Å². The predicted molar refractivity (Wildman–Crippen MR) is 92.6 cm³/mol. The molecule has 112 valence electrons. The van der Waals surface area contributed by atoms with Crippen LogP contribution in [0.25, 0.3) is 11.1 Å². The second kappa shape index (κ2) is 7.99. The number of benzene rings is 2. The van der Waals surface area contributed by atoms with E-state index in [9.17, 15) is 0 Å². The summed E-state index contributed by atoms with van der Waals surface area (Å²) in [6, 6.07) is 15.9. The van der Waals surface area contributed by atoms with Crippen LogP contribution in [0.4, 0.5) is 0 Å². The minimum absolute atomic E-state index is 0.943. The average Bonchev–Trinajstić information content (AvgIpc) is 2.53. The molecule has 0 aliphatic heterocycles. The highest BCUT2D eigenvalue weighted by Gasteiger charge is 2.04. The Kier molecular flexibility index (Phi) is 6.01. The molecule has 2 rings (SSSR count). The van der Waals surface area contributed by atoms with Gasteiger partial charge >= 0.3 is 0 Å². The first-order chi connectivity index (χ1) is 10.2. The Bertz CT molecular complexity index is 555. The highest BCUT2D eigenvalue weighted by Crippen LogP contribution is 2.25. The first-order valence-corrected chi connectivity index (χ1v) is 8.14. The summed E-state index contributed by atoms with van der Waals surface area (Å²) in [5.74, 6) is 0. The fourth-order valence-corrected chi connectivity index (χ4v) is 2.59. The Morgan fingerprint density at radius 1 is 0.905 bits per heavy atom. The molecule has 0 saturated heterocycles. The van der Waals surface area contributed by atoms with Crippen molar-refractivity contribution in [3.05, 3.63) is 59.2 Å². The van der Waals surface area contributed by atoms with Gasteiger partial charge in [-0.2, -0.15) is 0 Å². The lowest BCUT2D eigenvalue weighted by molar-refractivity contribution is 0.727. The number of hydrogen-bond donors (Lipinski definition) is 1.